The molecule has 1 aliphatic carbocycles. The van der Waals surface area contributed by atoms with Gasteiger partial charge >= 0.3 is 0 Å². The molecule has 0 amide bonds. The highest BCUT2D eigenvalue weighted by Crippen LogP contribution is 2.47. The van der Waals surface area contributed by atoms with Gasteiger partial charge in [-0.05, 0) is 12.8 Å². The molecule has 0 aromatic rings. The Morgan fingerprint density at radius 2 is 2.10 bits per heavy atom. The van der Waals surface area contributed by atoms with Gasteiger partial charge in [0.25, 0.3) is 0 Å². The molecule has 0 unspecified atom stereocenters. The highest BCUT2D eigenvalue weighted by atomic mass is 35.5. The fraction of sp³-hybridized carbons (Fsp3) is 0.857. The van der Waals surface area contributed by atoms with Crippen molar-refractivity contribution in [1.29, 1.82) is 0 Å². The van der Waals surface area contributed by atoms with Crippen LogP contribution in [0.3, 0.4) is 0 Å². The Bertz CT molecular complexity index is 154. The quantitative estimate of drug-likeness (QED) is 0.568. The van der Waals surface area contributed by atoms with E-state index in [1.165, 1.54) is 0 Å². The maximum absolute atomic E-state index is 11.1. The van der Waals surface area contributed by atoms with Gasteiger partial charge in [-0.15, -0.1) is 12.4 Å². The van der Waals surface area contributed by atoms with E-state index in [4.69, 9.17) is 0 Å². The standard InChI is InChI=1S/C7H11NO.ClH/c9-6-1-4-8-5-7(6)2-3-7;/h8H,1-5H2;1H. The number of hydrogen-bond donors (Lipinski definition) is 1. The molecule has 2 fully saturated rings. The summed E-state index contributed by atoms with van der Waals surface area (Å²) in [5, 5.41) is 3.25. The lowest BCUT2D eigenvalue weighted by Crippen LogP contribution is -2.38. The van der Waals surface area contributed by atoms with Crippen LogP contribution in [0, 0.1) is 5.41 Å². The first kappa shape index (κ1) is 8.02. The molecule has 10 heavy (non-hydrogen) atoms. The van der Waals surface area contributed by atoms with Crippen molar-refractivity contribution >= 4 is 18.2 Å². The molecule has 3 heteroatoms. The largest absolute Gasteiger partial charge is 0.315 e. The number of Topliss-reactive ketones (excluding diaryl/α,β-unsaturated/α-hetero) is 1. The van der Waals surface area contributed by atoms with Crippen molar-refractivity contribution in [2.75, 3.05) is 13.1 Å². The zero-order valence-corrected chi connectivity index (χ0v) is 6.67. The van der Waals surface area contributed by atoms with Crippen LogP contribution in [0.1, 0.15) is 19.3 Å². The van der Waals surface area contributed by atoms with E-state index in [-0.39, 0.29) is 17.8 Å². The monoisotopic (exact) mass is 161 g/mol. The third kappa shape index (κ3) is 1.06. The Balaban J connectivity index is 0.000000500. The van der Waals surface area contributed by atoms with Gasteiger partial charge in [0.1, 0.15) is 5.78 Å². The zero-order valence-electron chi connectivity index (χ0n) is 5.85. The Hall–Kier alpha value is -0.0800. The summed E-state index contributed by atoms with van der Waals surface area (Å²) in [7, 11) is 0. The molecule has 1 spiro atoms. The molecule has 0 bridgehead atoms. The van der Waals surface area contributed by atoms with E-state index in [2.05, 4.69) is 5.32 Å². The van der Waals surface area contributed by atoms with Crippen molar-refractivity contribution in [2.45, 2.75) is 19.3 Å². The van der Waals surface area contributed by atoms with Crippen molar-refractivity contribution in [2.24, 2.45) is 5.41 Å². The fourth-order valence-electron chi connectivity index (χ4n) is 1.50. The summed E-state index contributed by atoms with van der Waals surface area (Å²) in [6, 6.07) is 0. The number of ketones is 1. The molecule has 1 saturated carbocycles. The Morgan fingerprint density at radius 1 is 1.40 bits per heavy atom. The molecule has 0 radical (unpaired) electrons. The van der Waals surface area contributed by atoms with Crippen LogP contribution in [0.4, 0.5) is 0 Å². The van der Waals surface area contributed by atoms with Gasteiger partial charge in [0.2, 0.25) is 0 Å². The molecular weight excluding hydrogens is 150 g/mol. The first-order chi connectivity index (χ1) is 4.33. The summed E-state index contributed by atoms with van der Waals surface area (Å²) in [4.78, 5) is 11.1. The minimum absolute atomic E-state index is 0. The first-order valence-electron chi connectivity index (χ1n) is 3.58. The van der Waals surface area contributed by atoms with E-state index in [1.807, 2.05) is 0 Å². The highest BCUT2D eigenvalue weighted by Gasteiger charge is 2.49. The van der Waals surface area contributed by atoms with Gasteiger partial charge in [-0.3, -0.25) is 4.79 Å². The van der Waals surface area contributed by atoms with Crippen LogP contribution in [-0.4, -0.2) is 18.9 Å². The fourth-order valence-corrected chi connectivity index (χ4v) is 1.50. The van der Waals surface area contributed by atoms with E-state index < -0.39 is 0 Å². The van der Waals surface area contributed by atoms with Gasteiger partial charge in [-0.1, -0.05) is 0 Å². The van der Waals surface area contributed by atoms with Crippen molar-refractivity contribution in [3.63, 3.8) is 0 Å². The number of carbonyl (C=O) groups is 1. The molecule has 2 rings (SSSR count). The Kier molecular flexibility index (Phi) is 2.02. The van der Waals surface area contributed by atoms with Crippen LogP contribution in [0.2, 0.25) is 0 Å². The first-order valence-corrected chi connectivity index (χ1v) is 3.58. The van der Waals surface area contributed by atoms with E-state index in [1.54, 1.807) is 0 Å². The second kappa shape index (κ2) is 2.51. The van der Waals surface area contributed by atoms with Crippen LogP contribution in [-0.2, 0) is 4.79 Å². The molecule has 0 atom stereocenters. The number of carbonyl (C=O) groups excluding carboxylic acids is 1. The number of piperidine rings is 1. The van der Waals surface area contributed by atoms with Crippen LogP contribution < -0.4 is 5.32 Å². The average molecular weight is 162 g/mol. The summed E-state index contributed by atoms with van der Waals surface area (Å²) in [6.07, 6.45) is 3.04. The van der Waals surface area contributed by atoms with Crippen LogP contribution >= 0.6 is 12.4 Å². The van der Waals surface area contributed by atoms with Gasteiger partial charge in [-0.25, -0.2) is 0 Å². The molecule has 1 saturated heterocycles. The van der Waals surface area contributed by atoms with E-state index in [0.29, 0.717) is 5.78 Å². The normalized spacial score (nSPS) is 27.8. The smallest absolute Gasteiger partial charge is 0.141 e. The maximum atomic E-state index is 11.1. The molecule has 1 N–H and O–H groups in total. The van der Waals surface area contributed by atoms with Crippen molar-refractivity contribution in [3.05, 3.63) is 0 Å². The highest BCUT2D eigenvalue weighted by molar-refractivity contribution is 5.88. The topological polar surface area (TPSA) is 29.1 Å². The summed E-state index contributed by atoms with van der Waals surface area (Å²) in [6.45, 7) is 1.85. The molecule has 0 aromatic heterocycles. The van der Waals surface area contributed by atoms with Crippen molar-refractivity contribution < 1.29 is 4.79 Å². The number of halogens is 1. The molecule has 1 heterocycles. The summed E-state index contributed by atoms with van der Waals surface area (Å²) < 4.78 is 0. The molecule has 0 aromatic carbocycles. The summed E-state index contributed by atoms with van der Waals surface area (Å²) in [5.41, 5.74) is 0.137. The van der Waals surface area contributed by atoms with Crippen LogP contribution in [0.25, 0.3) is 0 Å². The molecule has 2 aliphatic rings. The van der Waals surface area contributed by atoms with Gasteiger partial charge in [0.15, 0.2) is 0 Å². The van der Waals surface area contributed by atoms with Gasteiger partial charge in [0.05, 0.1) is 0 Å². The van der Waals surface area contributed by atoms with E-state index >= 15 is 0 Å². The van der Waals surface area contributed by atoms with Gasteiger partial charge < -0.3 is 5.32 Å². The minimum atomic E-state index is 0. The SMILES string of the molecule is Cl.O=C1CCNCC12CC2. The lowest BCUT2D eigenvalue weighted by atomic mass is 9.95. The van der Waals surface area contributed by atoms with Gasteiger partial charge in [0, 0.05) is 24.9 Å². The molecule has 2 nitrogen and oxygen atoms in total. The zero-order chi connectivity index (χ0) is 6.32. The Morgan fingerprint density at radius 3 is 2.50 bits per heavy atom. The molecule has 1 aliphatic heterocycles. The summed E-state index contributed by atoms with van der Waals surface area (Å²) >= 11 is 0. The predicted molar refractivity (Wildman–Crippen MR) is 41.4 cm³/mol. The third-order valence-corrected chi connectivity index (χ3v) is 2.44. The number of rotatable bonds is 0. The van der Waals surface area contributed by atoms with Crippen molar-refractivity contribution in [1.82, 2.24) is 5.32 Å². The van der Waals surface area contributed by atoms with Crippen LogP contribution in [0.5, 0.6) is 0 Å². The lowest BCUT2D eigenvalue weighted by molar-refractivity contribution is -0.125. The maximum Gasteiger partial charge on any atom is 0.141 e. The van der Waals surface area contributed by atoms with E-state index in [0.717, 1.165) is 32.4 Å². The Labute approximate surface area is 66.8 Å². The second-order valence-electron chi connectivity index (χ2n) is 3.13. The second-order valence-corrected chi connectivity index (χ2v) is 3.13. The average Bonchev–Trinajstić information content (AvgIpc) is 2.60. The summed E-state index contributed by atoms with van der Waals surface area (Å²) in [5.74, 6) is 0.501. The van der Waals surface area contributed by atoms with Crippen LogP contribution in [0.15, 0.2) is 0 Å². The predicted octanol–water partition coefficient (Wildman–Crippen LogP) is 0.751. The molecular formula is C7H12ClNO. The number of nitrogens with one attached hydrogen (secondary N) is 1. The van der Waals surface area contributed by atoms with E-state index in [9.17, 15) is 4.79 Å². The van der Waals surface area contributed by atoms with Crippen molar-refractivity contribution in [3.8, 4) is 0 Å². The molecule has 58 valence electrons. The number of hydrogen-bond acceptors (Lipinski definition) is 2. The van der Waals surface area contributed by atoms with Gasteiger partial charge in [-0.2, -0.15) is 0 Å². The minimum Gasteiger partial charge on any atom is -0.315 e. The third-order valence-electron chi connectivity index (χ3n) is 2.44. The lowest BCUT2D eigenvalue weighted by Gasteiger charge is -2.19.